The Labute approximate surface area is 123 Å². The minimum Gasteiger partial charge on any atom is -0.0987 e. The van der Waals surface area contributed by atoms with Gasteiger partial charge in [0.25, 0.3) is 0 Å². The molecule has 0 unspecified atom stereocenters. The molecule has 0 N–H and O–H groups in total. The molecule has 0 saturated heterocycles. The summed E-state index contributed by atoms with van der Waals surface area (Å²) in [4.78, 5) is 2.50. The van der Waals surface area contributed by atoms with Crippen molar-refractivity contribution in [2.24, 2.45) is 0 Å². The van der Waals surface area contributed by atoms with Crippen molar-refractivity contribution in [1.82, 2.24) is 0 Å². The van der Waals surface area contributed by atoms with Gasteiger partial charge < -0.3 is 0 Å². The average molecular weight is 284 g/mol. The molecule has 0 aliphatic rings. The van der Waals surface area contributed by atoms with E-state index in [2.05, 4.69) is 62.0 Å². The van der Waals surface area contributed by atoms with Crippen LogP contribution in [0.25, 0.3) is 0 Å². The van der Waals surface area contributed by atoms with E-state index in [0.717, 1.165) is 0 Å². The Balaban J connectivity index is 2.21. The standard InChI is InChI=1S/C17H16S2/c1-3-14(2)17(18-15-10-6-4-7-11-15)19-16-12-8-5-9-13-16/h3-13H,1H2,2H3. The molecule has 0 nitrogen and oxygen atoms in total. The maximum Gasteiger partial charge on any atom is 0.0527 e. The number of thioether (sulfide) groups is 2. The largest absolute Gasteiger partial charge is 0.0987 e. The fourth-order valence-electron chi connectivity index (χ4n) is 1.46. The maximum absolute atomic E-state index is 3.88. The molecule has 0 aromatic heterocycles. The number of benzene rings is 2. The molecule has 2 rings (SSSR count). The zero-order chi connectivity index (χ0) is 13.5. The van der Waals surface area contributed by atoms with Crippen molar-refractivity contribution in [2.75, 3.05) is 0 Å². The molecule has 0 amide bonds. The van der Waals surface area contributed by atoms with E-state index in [-0.39, 0.29) is 0 Å². The molecule has 96 valence electrons. The molecule has 0 aliphatic heterocycles. The van der Waals surface area contributed by atoms with Gasteiger partial charge in [-0.25, -0.2) is 0 Å². The average Bonchev–Trinajstić information content (AvgIpc) is 2.48. The van der Waals surface area contributed by atoms with Crippen LogP contribution in [0.3, 0.4) is 0 Å². The minimum atomic E-state index is 1.21. The van der Waals surface area contributed by atoms with E-state index >= 15 is 0 Å². The lowest BCUT2D eigenvalue weighted by atomic mass is 10.3. The lowest BCUT2D eigenvalue weighted by Crippen LogP contribution is -1.79. The maximum atomic E-state index is 3.88. The van der Waals surface area contributed by atoms with Gasteiger partial charge in [-0.3, -0.25) is 0 Å². The Bertz CT molecular complexity index is 513. The zero-order valence-electron chi connectivity index (χ0n) is 10.9. The number of rotatable bonds is 5. The van der Waals surface area contributed by atoms with Gasteiger partial charge in [0.05, 0.1) is 4.24 Å². The summed E-state index contributed by atoms with van der Waals surface area (Å²) in [6, 6.07) is 20.9. The second kappa shape index (κ2) is 7.27. The number of hydrogen-bond donors (Lipinski definition) is 0. The Kier molecular flexibility index (Phi) is 5.37. The highest BCUT2D eigenvalue weighted by atomic mass is 32.2. The Morgan fingerprint density at radius 1 is 0.842 bits per heavy atom. The van der Waals surface area contributed by atoms with E-state index in [0.29, 0.717) is 0 Å². The van der Waals surface area contributed by atoms with Crippen LogP contribution in [0.4, 0.5) is 0 Å². The lowest BCUT2D eigenvalue weighted by molar-refractivity contribution is 1.45. The van der Waals surface area contributed by atoms with Crippen molar-refractivity contribution in [1.29, 1.82) is 0 Å². The Morgan fingerprint density at radius 2 is 1.26 bits per heavy atom. The molecule has 19 heavy (non-hydrogen) atoms. The van der Waals surface area contributed by atoms with Gasteiger partial charge in [0.15, 0.2) is 0 Å². The van der Waals surface area contributed by atoms with Crippen molar-refractivity contribution >= 4 is 23.5 Å². The summed E-state index contributed by atoms with van der Waals surface area (Å²) in [5, 5.41) is 0. The zero-order valence-corrected chi connectivity index (χ0v) is 12.5. The highest BCUT2D eigenvalue weighted by molar-refractivity contribution is 8.22. The fourth-order valence-corrected chi connectivity index (χ4v) is 3.70. The lowest BCUT2D eigenvalue weighted by Gasteiger charge is -2.09. The van der Waals surface area contributed by atoms with Crippen molar-refractivity contribution in [3.05, 3.63) is 83.1 Å². The van der Waals surface area contributed by atoms with Crippen molar-refractivity contribution in [3.8, 4) is 0 Å². The summed E-state index contributed by atoms with van der Waals surface area (Å²) in [6.45, 7) is 5.99. The van der Waals surface area contributed by atoms with Gasteiger partial charge in [-0.05, 0) is 36.8 Å². The molecule has 2 aromatic carbocycles. The van der Waals surface area contributed by atoms with Gasteiger partial charge in [0, 0.05) is 9.79 Å². The quantitative estimate of drug-likeness (QED) is 0.488. The SMILES string of the molecule is C=CC(C)=C(Sc1ccccc1)Sc1ccccc1. The van der Waals surface area contributed by atoms with Crippen LogP contribution in [0, 0.1) is 0 Å². The molecular weight excluding hydrogens is 268 g/mol. The van der Waals surface area contributed by atoms with Crippen LogP contribution < -0.4 is 0 Å². The summed E-state index contributed by atoms with van der Waals surface area (Å²) in [6.07, 6.45) is 1.92. The van der Waals surface area contributed by atoms with Gasteiger partial charge in [0.2, 0.25) is 0 Å². The van der Waals surface area contributed by atoms with Crippen LogP contribution in [0.15, 0.2) is 92.9 Å². The second-order valence-corrected chi connectivity index (χ2v) is 6.43. The first kappa shape index (κ1) is 14.0. The predicted molar refractivity (Wildman–Crippen MR) is 87.5 cm³/mol. The molecule has 2 heteroatoms. The highest BCUT2D eigenvalue weighted by Crippen LogP contribution is 2.41. The van der Waals surface area contributed by atoms with Crippen LogP contribution in [-0.2, 0) is 0 Å². The monoisotopic (exact) mass is 284 g/mol. The molecule has 0 saturated carbocycles. The highest BCUT2D eigenvalue weighted by Gasteiger charge is 2.06. The summed E-state index contributed by atoms with van der Waals surface area (Å²) < 4.78 is 1.27. The van der Waals surface area contributed by atoms with Crippen LogP contribution in [0.1, 0.15) is 6.92 Å². The van der Waals surface area contributed by atoms with E-state index in [1.165, 1.54) is 19.6 Å². The molecule has 0 bridgehead atoms. The number of allylic oxidation sites excluding steroid dienone is 2. The fraction of sp³-hybridized carbons (Fsp3) is 0.0588. The first-order valence-corrected chi connectivity index (χ1v) is 7.72. The summed E-state index contributed by atoms with van der Waals surface area (Å²) >= 11 is 3.58. The van der Waals surface area contributed by atoms with E-state index in [1.54, 1.807) is 23.5 Å². The Morgan fingerprint density at radius 3 is 1.63 bits per heavy atom. The van der Waals surface area contributed by atoms with E-state index in [9.17, 15) is 0 Å². The van der Waals surface area contributed by atoms with Crippen molar-refractivity contribution in [3.63, 3.8) is 0 Å². The van der Waals surface area contributed by atoms with Gasteiger partial charge in [-0.1, -0.05) is 72.6 Å². The van der Waals surface area contributed by atoms with Crippen LogP contribution in [0.2, 0.25) is 0 Å². The third kappa shape index (κ3) is 4.34. The first-order valence-electron chi connectivity index (χ1n) is 6.08. The molecule has 0 fully saturated rings. The Hall–Kier alpha value is -1.38. The molecule has 0 aliphatic carbocycles. The molecule has 0 atom stereocenters. The van der Waals surface area contributed by atoms with E-state index in [4.69, 9.17) is 0 Å². The molecular formula is C17H16S2. The smallest absolute Gasteiger partial charge is 0.0527 e. The predicted octanol–water partition coefficient (Wildman–Crippen LogP) is 5.99. The summed E-state index contributed by atoms with van der Waals surface area (Å²) in [5.41, 5.74) is 1.21. The number of hydrogen-bond acceptors (Lipinski definition) is 2. The normalized spacial score (nSPS) is 9.95. The van der Waals surface area contributed by atoms with E-state index in [1.807, 2.05) is 18.2 Å². The van der Waals surface area contributed by atoms with E-state index < -0.39 is 0 Å². The third-order valence-electron chi connectivity index (χ3n) is 2.54. The van der Waals surface area contributed by atoms with Crippen LogP contribution >= 0.6 is 23.5 Å². The van der Waals surface area contributed by atoms with Crippen LogP contribution in [-0.4, -0.2) is 0 Å². The molecule has 2 aromatic rings. The molecule has 0 radical (unpaired) electrons. The summed E-state index contributed by atoms with van der Waals surface area (Å²) in [5.74, 6) is 0. The van der Waals surface area contributed by atoms with Crippen LogP contribution in [0.5, 0.6) is 0 Å². The second-order valence-electron chi connectivity index (χ2n) is 4.00. The summed E-state index contributed by atoms with van der Waals surface area (Å²) in [7, 11) is 0. The van der Waals surface area contributed by atoms with Gasteiger partial charge in [-0.2, -0.15) is 0 Å². The molecule has 0 spiro atoms. The topological polar surface area (TPSA) is 0 Å². The van der Waals surface area contributed by atoms with Crippen molar-refractivity contribution < 1.29 is 0 Å². The van der Waals surface area contributed by atoms with Crippen molar-refractivity contribution in [2.45, 2.75) is 16.7 Å². The minimum absolute atomic E-state index is 1.21. The van der Waals surface area contributed by atoms with Gasteiger partial charge >= 0.3 is 0 Å². The molecule has 0 heterocycles. The first-order chi connectivity index (χ1) is 9.29. The van der Waals surface area contributed by atoms with Gasteiger partial charge in [0.1, 0.15) is 0 Å². The van der Waals surface area contributed by atoms with Gasteiger partial charge in [-0.15, -0.1) is 0 Å². The third-order valence-corrected chi connectivity index (χ3v) is 5.07.